The van der Waals surface area contributed by atoms with Gasteiger partial charge < -0.3 is 14.9 Å². The van der Waals surface area contributed by atoms with Crippen molar-refractivity contribution in [2.75, 3.05) is 26.4 Å². The Morgan fingerprint density at radius 1 is 0.862 bits per heavy atom. The van der Waals surface area contributed by atoms with Gasteiger partial charge >= 0.3 is 0 Å². The molecule has 3 aromatic rings. The molecule has 0 spiro atoms. The summed E-state index contributed by atoms with van der Waals surface area (Å²) in [6.07, 6.45) is 3.33. The van der Waals surface area contributed by atoms with Gasteiger partial charge in [-0.1, -0.05) is 40.2 Å². The Bertz CT molecular complexity index is 1200. The third-order valence-electron chi connectivity index (χ3n) is 4.16. The minimum absolute atomic E-state index is 0.224. The molecule has 2 N–H and O–H groups in total. The number of nitrogens with one attached hydrogen (secondary N) is 2. The summed E-state index contributed by atoms with van der Waals surface area (Å²) < 4.78 is 0.948. The summed E-state index contributed by atoms with van der Waals surface area (Å²) in [6, 6.07) is 15.4. The standard InChI is InChI=1S/C22H22BrN3O2S/c1-26(2)11-12-29-18-9-5-16(6-10-18)14-20-22(28)24-19(21(27)25-20)13-15-3-7-17(23)8-4-15/h3-10,13-14H,11-12H2,1-2H3,(H,24,28)(H,25,27). The molecule has 29 heavy (non-hydrogen) atoms. The van der Waals surface area contributed by atoms with E-state index in [0.717, 1.165) is 27.9 Å². The van der Waals surface area contributed by atoms with Gasteiger partial charge in [0.05, 0.1) is 0 Å². The topological polar surface area (TPSA) is 69.0 Å². The number of nitrogens with zero attached hydrogens (tertiary/aromatic N) is 1. The average Bonchev–Trinajstić information content (AvgIpc) is 2.68. The van der Waals surface area contributed by atoms with Gasteiger partial charge in [-0.3, -0.25) is 9.59 Å². The van der Waals surface area contributed by atoms with Gasteiger partial charge in [0.25, 0.3) is 11.1 Å². The van der Waals surface area contributed by atoms with E-state index >= 15 is 0 Å². The van der Waals surface area contributed by atoms with Crippen LogP contribution < -0.4 is 21.8 Å². The highest BCUT2D eigenvalue weighted by atomic mass is 79.9. The quantitative estimate of drug-likeness (QED) is 0.540. The van der Waals surface area contributed by atoms with E-state index in [-0.39, 0.29) is 21.8 Å². The first-order chi connectivity index (χ1) is 13.9. The zero-order chi connectivity index (χ0) is 20.8. The number of aromatic amines is 2. The van der Waals surface area contributed by atoms with E-state index in [2.05, 4.69) is 44.9 Å². The Labute approximate surface area is 181 Å². The van der Waals surface area contributed by atoms with Crippen molar-refractivity contribution in [1.82, 2.24) is 14.9 Å². The Morgan fingerprint density at radius 3 is 1.83 bits per heavy atom. The van der Waals surface area contributed by atoms with Gasteiger partial charge in [0.15, 0.2) is 0 Å². The fraction of sp³-hybridized carbons (Fsp3) is 0.182. The summed E-state index contributed by atoms with van der Waals surface area (Å²) in [4.78, 5) is 33.5. The van der Waals surface area contributed by atoms with Crippen molar-refractivity contribution in [3.05, 3.63) is 95.5 Å². The van der Waals surface area contributed by atoms with Crippen LogP contribution in [0.25, 0.3) is 12.2 Å². The molecule has 7 heteroatoms. The van der Waals surface area contributed by atoms with E-state index in [0.29, 0.717) is 0 Å². The zero-order valence-electron chi connectivity index (χ0n) is 16.2. The Kier molecular flexibility index (Phi) is 7.30. The lowest BCUT2D eigenvalue weighted by atomic mass is 10.2. The van der Waals surface area contributed by atoms with Crippen molar-refractivity contribution < 1.29 is 0 Å². The Morgan fingerprint density at radius 2 is 1.34 bits per heavy atom. The molecular formula is C22H22BrN3O2S. The van der Waals surface area contributed by atoms with Gasteiger partial charge in [-0.05, 0) is 61.6 Å². The summed E-state index contributed by atoms with van der Waals surface area (Å²) in [5.41, 5.74) is 1.01. The second-order valence-electron chi connectivity index (χ2n) is 6.80. The van der Waals surface area contributed by atoms with Crippen molar-refractivity contribution in [3.63, 3.8) is 0 Å². The molecule has 0 bridgehead atoms. The lowest BCUT2D eigenvalue weighted by Crippen LogP contribution is -2.46. The van der Waals surface area contributed by atoms with Crippen LogP contribution in [0.4, 0.5) is 0 Å². The van der Waals surface area contributed by atoms with Crippen molar-refractivity contribution in [1.29, 1.82) is 0 Å². The van der Waals surface area contributed by atoms with Gasteiger partial charge in [0.1, 0.15) is 10.7 Å². The SMILES string of the molecule is CN(C)CCSc1ccc(C=c2[nH]c(=O)c(=Cc3ccc(Br)cc3)[nH]c2=O)cc1. The van der Waals surface area contributed by atoms with Gasteiger partial charge in [0.2, 0.25) is 0 Å². The van der Waals surface area contributed by atoms with Crippen LogP contribution in [0.3, 0.4) is 0 Å². The van der Waals surface area contributed by atoms with Gasteiger partial charge in [-0.25, -0.2) is 0 Å². The highest BCUT2D eigenvalue weighted by Gasteiger charge is 1.99. The van der Waals surface area contributed by atoms with E-state index < -0.39 is 0 Å². The van der Waals surface area contributed by atoms with Crippen molar-refractivity contribution >= 4 is 39.8 Å². The smallest absolute Gasteiger partial charge is 0.272 e. The number of hydrogen-bond donors (Lipinski definition) is 2. The number of halogens is 1. The largest absolute Gasteiger partial charge is 0.316 e. The molecule has 3 rings (SSSR count). The van der Waals surface area contributed by atoms with Crippen LogP contribution in [0.2, 0.25) is 0 Å². The summed E-state index contributed by atoms with van der Waals surface area (Å²) in [6.45, 7) is 1.01. The number of aromatic nitrogens is 2. The summed E-state index contributed by atoms with van der Waals surface area (Å²) in [5.74, 6) is 1.01. The molecule has 1 heterocycles. The third-order valence-corrected chi connectivity index (χ3v) is 5.69. The van der Waals surface area contributed by atoms with Crippen LogP contribution in [0.1, 0.15) is 11.1 Å². The van der Waals surface area contributed by atoms with Crippen LogP contribution in [-0.4, -0.2) is 41.3 Å². The minimum Gasteiger partial charge on any atom is -0.316 e. The van der Waals surface area contributed by atoms with Crippen LogP contribution in [0.5, 0.6) is 0 Å². The van der Waals surface area contributed by atoms with Crippen LogP contribution >= 0.6 is 27.7 Å². The maximum absolute atomic E-state index is 12.4. The number of rotatable bonds is 6. The average molecular weight is 472 g/mol. The van der Waals surface area contributed by atoms with Crippen molar-refractivity contribution in [2.24, 2.45) is 0 Å². The molecule has 0 aliphatic carbocycles. The molecule has 0 fully saturated rings. The van der Waals surface area contributed by atoms with Gasteiger partial charge in [0, 0.05) is 21.7 Å². The highest BCUT2D eigenvalue weighted by Crippen LogP contribution is 2.18. The molecule has 0 aliphatic heterocycles. The van der Waals surface area contributed by atoms with Gasteiger partial charge in [-0.2, -0.15) is 0 Å². The molecular weight excluding hydrogens is 450 g/mol. The molecule has 0 amide bonds. The summed E-state index contributed by atoms with van der Waals surface area (Å²) in [5, 5.41) is 0.457. The molecule has 0 saturated heterocycles. The number of benzene rings is 2. The molecule has 0 atom stereocenters. The van der Waals surface area contributed by atoms with Crippen molar-refractivity contribution in [2.45, 2.75) is 4.90 Å². The molecule has 0 unspecified atom stereocenters. The first-order valence-corrected chi connectivity index (χ1v) is 10.9. The molecule has 0 aliphatic rings. The second-order valence-corrected chi connectivity index (χ2v) is 8.88. The summed E-state index contributed by atoms with van der Waals surface area (Å²) in [7, 11) is 4.11. The van der Waals surface area contributed by atoms with E-state index in [1.54, 1.807) is 23.9 Å². The predicted octanol–water partition coefficient (Wildman–Crippen LogP) is 2.14. The maximum Gasteiger partial charge on any atom is 0.272 e. The monoisotopic (exact) mass is 471 g/mol. The van der Waals surface area contributed by atoms with E-state index in [4.69, 9.17) is 0 Å². The number of H-pyrrole nitrogens is 2. The first-order valence-electron chi connectivity index (χ1n) is 9.10. The second kappa shape index (κ2) is 9.91. The van der Waals surface area contributed by atoms with Gasteiger partial charge in [-0.15, -0.1) is 11.8 Å². The molecule has 1 aromatic heterocycles. The summed E-state index contributed by atoms with van der Waals surface area (Å²) >= 11 is 5.16. The number of thioether (sulfide) groups is 1. The first kappa shape index (κ1) is 21.4. The Hall–Kier alpha value is -2.35. The molecule has 0 saturated carbocycles. The minimum atomic E-state index is -0.338. The molecule has 150 valence electrons. The van der Waals surface area contributed by atoms with E-state index in [1.807, 2.05) is 48.5 Å². The van der Waals surface area contributed by atoms with E-state index in [1.165, 1.54) is 4.90 Å². The molecule has 5 nitrogen and oxygen atoms in total. The maximum atomic E-state index is 12.4. The fourth-order valence-electron chi connectivity index (χ4n) is 2.59. The normalized spacial score (nSPS) is 12.7. The lowest BCUT2D eigenvalue weighted by Gasteiger charge is -2.08. The van der Waals surface area contributed by atoms with Crippen LogP contribution in [0.15, 0.2) is 67.5 Å². The van der Waals surface area contributed by atoms with E-state index in [9.17, 15) is 9.59 Å². The van der Waals surface area contributed by atoms with Crippen molar-refractivity contribution in [3.8, 4) is 0 Å². The predicted molar refractivity (Wildman–Crippen MR) is 124 cm³/mol. The highest BCUT2D eigenvalue weighted by molar-refractivity contribution is 9.10. The fourth-order valence-corrected chi connectivity index (χ4v) is 3.88. The molecule has 0 radical (unpaired) electrons. The number of hydrogen-bond acceptors (Lipinski definition) is 4. The molecule has 2 aromatic carbocycles. The third kappa shape index (κ3) is 6.32. The lowest BCUT2D eigenvalue weighted by molar-refractivity contribution is 0.437. The van der Waals surface area contributed by atoms with Crippen LogP contribution in [-0.2, 0) is 0 Å². The zero-order valence-corrected chi connectivity index (χ0v) is 18.6. The Balaban J connectivity index is 1.85. The van der Waals surface area contributed by atoms with Crippen LogP contribution in [0, 0.1) is 0 Å².